The van der Waals surface area contributed by atoms with Gasteiger partial charge in [-0.05, 0) is 36.8 Å². The van der Waals surface area contributed by atoms with Gasteiger partial charge in [-0.3, -0.25) is 0 Å². The van der Waals surface area contributed by atoms with E-state index in [1.807, 2.05) is 12.1 Å². The maximum absolute atomic E-state index is 11.9. The minimum absolute atomic E-state index is 0.0341. The molecule has 1 aliphatic carbocycles. The minimum Gasteiger partial charge on any atom is -0.338 e. The van der Waals surface area contributed by atoms with Crippen LogP contribution in [-0.4, -0.2) is 18.6 Å². The van der Waals surface area contributed by atoms with Gasteiger partial charge in [0.15, 0.2) is 0 Å². The molecule has 3 heteroatoms. The Kier molecular flexibility index (Phi) is 5.30. The van der Waals surface area contributed by atoms with Crippen LogP contribution in [0.5, 0.6) is 0 Å². The molecule has 2 amide bonds. The van der Waals surface area contributed by atoms with Gasteiger partial charge in [0.2, 0.25) is 0 Å². The maximum Gasteiger partial charge on any atom is 0.315 e. The molecule has 0 heterocycles. The predicted molar refractivity (Wildman–Crippen MR) is 93.5 cm³/mol. The second-order valence-electron chi connectivity index (χ2n) is 6.20. The van der Waals surface area contributed by atoms with Gasteiger partial charge in [-0.2, -0.15) is 0 Å². The number of carbonyl (C=O) groups excluding carboxylic acids is 1. The zero-order valence-electron chi connectivity index (χ0n) is 13.4. The van der Waals surface area contributed by atoms with E-state index in [-0.39, 0.29) is 6.03 Å². The van der Waals surface area contributed by atoms with Crippen molar-refractivity contribution in [1.29, 1.82) is 0 Å². The van der Waals surface area contributed by atoms with Crippen LogP contribution in [0.2, 0.25) is 0 Å². The molecule has 1 aliphatic rings. The number of unbranched alkanes of at least 4 members (excludes halogenated alkanes) is 1. The Hall–Kier alpha value is -2.29. The number of benzene rings is 2. The van der Waals surface area contributed by atoms with E-state index >= 15 is 0 Å². The highest BCUT2D eigenvalue weighted by molar-refractivity contribution is 5.74. The van der Waals surface area contributed by atoms with Gasteiger partial charge in [0.05, 0.1) is 0 Å². The quantitative estimate of drug-likeness (QED) is 0.749. The Labute approximate surface area is 138 Å². The van der Waals surface area contributed by atoms with Crippen LogP contribution >= 0.6 is 0 Å². The first kappa shape index (κ1) is 15.6. The molecule has 0 saturated heterocycles. The van der Waals surface area contributed by atoms with E-state index in [0.29, 0.717) is 12.0 Å². The predicted octanol–water partition coefficient (Wildman–Crippen LogP) is 3.86. The van der Waals surface area contributed by atoms with E-state index in [9.17, 15) is 4.79 Å². The number of nitrogens with one attached hydrogen (secondary N) is 2. The molecule has 3 rings (SSSR count). The van der Waals surface area contributed by atoms with Crippen molar-refractivity contribution in [2.24, 2.45) is 0 Å². The molecule has 0 aromatic heterocycles. The summed E-state index contributed by atoms with van der Waals surface area (Å²) >= 11 is 0. The molecule has 0 bridgehead atoms. The number of rotatable bonds is 7. The van der Waals surface area contributed by atoms with Gasteiger partial charge in [0, 0.05) is 18.5 Å². The van der Waals surface area contributed by atoms with Crippen LogP contribution in [0.1, 0.15) is 36.3 Å². The largest absolute Gasteiger partial charge is 0.338 e. The Balaban J connectivity index is 1.28. The van der Waals surface area contributed by atoms with E-state index in [4.69, 9.17) is 0 Å². The molecule has 0 aliphatic heterocycles. The number of hydrogen-bond acceptors (Lipinski definition) is 1. The summed E-state index contributed by atoms with van der Waals surface area (Å²) in [7, 11) is 0. The second kappa shape index (κ2) is 7.82. The van der Waals surface area contributed by atoms with Crippen molar-refractivity contribution < 1.29 is 4.79 Å². The summed E-state index contributed by atoms with van der Waals surface area (Å²) < 4.78 is 0. The van der Waals surface area contributed by atoms with Gasteiger partial charge >= 0.3 is 6.03 Å². The highest BCUT2D eigenvalue weighted by atomic mass is 16.2. The molecule has 23 heavy (non-hydrogen) atoms. The van der Waals surface area contributed by atoms with Gasteiger partial charge in [-0.15, -0.1) is 0 Å². The molecule has 0 radical (unpaired) electrons. The summed E-state index contributed by atoms with van der Waals surface area (Å²) in [6.45, 7) is 0.737. The van der Waals surface area contributed by atoms with Gasteiger partial charge in [-0.1, -0.05) is 60.7 Å². The van der Waals surface area contributed by atoms with E-state index in [2.05, 4.69) is 59.2 Å². The first-order chi connectivity index (χ1) is 11.3. The van der Waals surface area contributed by atoms with Crippen LogP contribution in [0.3, 0.4) is 0 Å². The fourth-order valence-electron chi connectivity index (χ4n) is 2.94. The first-order valence-electron chi connectivity index (χ1n) is 8.46. The normalized spacial score (nSPS) is 19.1. The SMILES string of the molecule is O=C(NCCCCc1ccccc1)NC1CC1c1ccccc1. The standard InChI is InChI=1S/C20H24N2O/c23-20(21-14-8-7-11-16-9-3-1-4-10-16)22-19-15-18(19)17-12-5-2-6-13-17/h1-6,9-10,12-13,18-19H,7-8,11,14-15H2,(H2,21,22,23). The number of amides is 2. The summed E-state index contributed by atoms with van der Waals surface area (Å²) in [6.07, 6.45) is 4.23. The zero-order chi connectivity index (χ0) is 15.9. The monoisotopic (exact) mass is 308 g/mol. The average Bonchev–Trinajstić information content (AvgIpc) is 3.35. The van der Waals surface area contributed by atoms with Crippen LogP contribution in [0, 0.1) is 0 Å². The third kappa shape index (κ3) is 4.85. The number of carbonyl (C=O) groups is 1. The topological polar surface area (TPSA) is 41.1 Å². The average molecular weight is 308 g/mol. The molecule has 0 spiro atoms. The molecular weight excluding hydrogens is 284 g/mol. The number of urea groups is 1. The lowest BCUT2D eigenvalue weighted by atomic mass is 10.1. The van der Waals surface area contributed by atoms with Crippen molar-refractivity contribution in [2.75, 3.05) is 6.54 Å². The highest BCUT2D eigenvalue weighted by Crippen LogP contribution is 2.40. The zero-order valence-corrected chi connectivity index (χ0v) is 13.4. The van der Waals surface area contributed by atoms with Crippen molar-refractivity contribution in [3.63, 3.8) is 0 Å². The van der Waals surface area contributed by atoms with Gasteiger partial charge < -0.3 is 10.6 Å². The summed E-state index contributed by atoms with van der Waals surface area (Å²) in [5, 5.41) is 6.02. The van der Waals surface area contributed by atoms with Gasteiger partial charge in [0.25, 0.3) is 0 Å². The first-order valence-corrected chi connectivity index (χ1v) is 8.46. The molecule has 2 N–H and O–H groups in total. The lowest BCUT2D eigenvalue weighted by molar-refractivity contribution is 0.240. The number of aryl methyl sites for hydroxylation is 1. The molecule has 2 atom stereocenters. The van der Waals surface area contributed by atoms with Gasteiger partial charge in [0.1, 0.15) is 0 Å². The van der Waals surface area contributed by atoms with Crippen molar-refractivity contribution in [1.82, 2.24) is 10.6 Å². The van der Waals surface area contributed by atoms with E-state index in [1.54, 1.807) is 0 Å². The van der Waals surface area contributed by atoms with Crippen LogP contribution in [0.4, 0.5) is 4.79 Å². The number of hydrogen-bond donors (Lipinski definition) is 2. The lowest BCUT2D eigenvalue weighted by Crippen LogP contribution is -2.37. The molecule has 1 fully saturated rings. The molecule has 120 valence electrons. The second-order valence-corrected chi connectivity index (χ2v) is 6.20. The van der Waals surface area contributed by atoms with Crippen LogP contribution in [-0.2, 0) is 6.42 Å². The Morgan fingerprint density at radius 2 is 1.65 bits per heavy atom. The fraction of sp³-hybridized carbons (Fsp3) is 0.350. The highest BCUT2D eigenvalue weighted by Gasteiger charge is 2.39. The van der Waals surface area contributed by atoms with Crippen molar-refractivity contribution in [2.45, 2.75) is 37.6 Å². The van der Waals surface area contributed by atoms with Crippen LogP contribution < -0.4 is 10.6 Å². The van der Waals surface area contributed by atoms with E-state index < -0.39 is 0 Å². The third-order valence-corrected chi connectivity index (χ3v) is 4.36. The van der Waals surface area contributed by atoms with Crippen molar-refractivity contribution in [3.8, 4) is 0 Å². The van der Waals surface area contributed by atoms with Gasteiger partial charge in [-0.25, -0.2) is 4.79 Å². The molecule has 2 aromatic rings. The third-order valence-electron chi connectivity index (χ3n) is 4.36. The molecular formula is C20H24N2O. The molecule has 1 saturated carbocycles. The van der Waals surface area contributed by atoms with E-state index in [1.165, 1.54) is 11.1 Å². The fourth-order valence-corrected chi connectivity index (χ4v) is 2.94. The summed E-state index contributed by atoms with van der Waals surface area (Å²) in [5.41, 5.74) is 2.68. The smallest absolute Gasteiger partial charge is 0.315 e. The lowest BCUT2D eigenvalue weighted by Gasteiger charge is -2.07. The Morgan fingerprint density at radius 1 is 0.957 bits per heavy atom. The minimum atomic E-state index is -0.0341. The van der Waals surface area contributed by atoms with Crippen molar-refractivity contribution in [3.05, 3.63) is 71.8 Å². The molecule has 2 aromatic carbocycles. The molecule has 3 nitrogen and oxygen atoms in total. The van der Waals surface area contributed by atoms with Crippen LogP contribution in [0.25, 0.3) is 0 Å². The van der Waals surface area contributed by atoms with E-state index in [0.717, 1.165) is 32.2 Å². The maximum atomic E-state index is 11.9. The summed E-state index contributed by atoms with van der Waals surface area (Å²) in [4.78, 5) is 11.9. The molecule has 2 unspecified atom stereocenters. The van der Waals surface area contributed by atoms with Crippen LogP contribution in [0.15, 0.2) is 60.7 Å². The summed E-state index contributed by atoms with van der Waals surface area (Å²) in [6, 6.07) is 21.1. The Morgan fingerprint density at radius 3 is 2.39 bits per heavy atom. The Bertz CT molecular complexity index is 612. The van der Waals surface area contributed by atoms with Crippen molar-refractivity contribution >= 4 is 6.03 Å². The summed E-state index contributed by atoms with van der Waals surface area (Å²) in [5.74, 6) is 0.486.